The van der Waals surface area contributed by atoms with Gasteiger partial charge in [-0.15, -0.1) is 0 Å². The molecule has 1 aromatic carbocycles. The molecule has 0 saturated carbocycles. The topological polar surface area (TPSA) is 56.3 Å². The maximum absolute atomic E-state index is 5.73. The highest BCUT2D eigenvalue weighted by atomic mass is 16.5. The van der Waals surface area contributed by atoms with Gasteiger partial charge in [-0.3, -0.25) is 4.98 Å². The Labute approximate surface area is 112 Å². The van der Waals surface area contributed by atoms with Crippen LogP contribution in [-0.2, 0) is 0 Å². The van der Waals surface area contributed by atoms with Crippen LogP contribution in [0.2, 0.25) is 0 Å². The molecule has 0 saturated heterocycles. The fourth-order valence-corrected chi connectivity index (χ4v) is 1.73. The number of likely N-dealkylation sites (N-methyl/N-ethyl adjacent to an activating group) is 1. The van der Waals surface area contributed by atoms with Gasteiger partial charge in [0.1, 0.15) is 18.1 Å². The van der Waals surface area contributed by atoms with E-state index in [1.165, 1.54) is 0 Å². The Morgan fingerprint density at radius 1 is 1.16 bits per heavy atom. The van der Waals surface area contributed by atoms with Gasteiger partial charge in [0.2, 0.25) is 5.88 Å². The average Bonchev–Trinajstić information content (AvgIpc) is 2.49. The van der Waals surface area contributed by atoms with E-state index >= 15 is 0 Å². The number of benzene rings is 1. The fourth-order valence-electron chi connectivity index (χ4n) is 1.73. The van der Waals surface area contributed by atoms with Crippen molar-refractivity contribution in [2.45, 2.75) is 6.04 Å². The molecule has 0 radical (unpaired) electrons. The molecule has 0 aliphatic heterocycles. The van der Waals surface area contributed by atoms with Crippen molar-refractivity contribution in [3.8, 4) is 11.6 Å². The zero-order chi connectivity index (χ0) is 13.5. The second kappa shape index (κ2) is 6.70. The van der Waals surface area contributed by atoms with Crippen LogP contribution in [0.5, 0.6) is 11.6 Å². The first kappa shape index (κ1) is 13.3. The van der Waals surface area contributed by atoms with Crippen molar-refractivity contribution < 1.29 is 9.47 Å². The van der Waals surface area contributed by atoms with Crippen LogP contribution in [0.15, 0.2) is 42.7 Å². The first-order valence-corrected chi connectivity index (χ1v) is 6.05. The Morgan fingerprint density at radius 3 is 2.58 bits per heavy atom. The van der Waals surface area contributed by atoms with Crippen molar-refractivity contribution in [1.29, 1.82) is 0 Å². The number of hydrogen-bond donors (Lipinski definition) is 1. The average molecular weight is 259 g/mol. The van der Waals surface area contributed by atoms with Gasteiger partial charge in [0.05, 0.1) is 13.2 Å². The Bertz CT molecular complexity index is 505. The lowest BCUT2D eigenvalue weighted by Crippen LogP contribution is -2.25. The second-order valence-electron chi connectivity index (χ2n) is 3.92. The normalized spacial score (nSPS) is 11.9. The lowest BCUT2D eigenvalue weighted by Gasteiger charge is -2.17. The standard InChI is InChI=1S/C14H17N3O2/c1-15-12(10-19-11-6-4-3-5-7-11)13-14(18-2)17-9-8-16-13/h3-9,12,15H,10H2,1-2H3. The summed E-state index contributed by atoms with van der Waals surface area (Å²) in [6.45, 7) is 0.454. The van der Waals surface area contributed by atoms with Crippen LogP contribution in [0.3, 0.4) is 0 Å². The number of methoxy groups -OCH3 is 1. The summed E-state index contributed by atoms with van der Waals surface area (Å²) in [5, 5.41) is 3.16. The number of nitrogens with one attached hydrogen (secondary N) is 1. The fraction of sp³-hybridized carbons (Fsp3) is 0.286. The zero-order valence-electron chi connectivity index (χ0n) is 11.0. The van der Waals surface area contributed by atoms with Gasteiger partial charge in [-0.1, -0.05) is 18.2 Å². The lowest BCUT2D eigenvalue weighted by atomic mass is 10.2. The van der Waals surface area contributed by atoms with Crippen LogP contribution in [0.4, 0.5) is 0 Å². The van der Waals surface area contributed by atoms with Gasteiger partial charge in [-0.25, -0.2) is 4.98 Å². The Morgan fingerprint density at radius 2 is 1.89 bits per heavy atom. The molecule has 2 rings (SSSR count). The van der Waals surface area contributed by atoms with E-state index in [9.17, 15) is 0 Å². The monoisotopic (exact) mass is 259 g/mol. The summed E-state index contributed by atoms with van der Waals surface area (Å²) < 4.78 is 10.9. The van der Waals surface area contributed by atoms with Crippen molar-refractivity contribution >= 4 is 0 Å². The van der Waals surface area contributed by atoms with E-state index in [1.807, 2.05) is 37.4 Å². The van der Waals surface area contributed by atoms with Crippen LogP contribution in [0.1, 0.15) is 11.7 Å². The number of hydrogen-bond acceptors (Lipinski definition) is 5. The summed E-state index contributed by atoms with van der Waals surface area (Å²) in [6, 6.07) is 9.58. The molecule has 0 aliphatic carbocycles. The molecule has 5 heteroatoms. The number of nitrogens with zero attached hydrogens (tertiary/aromatic N) is 2. The molecule has 1 heterocycles. The molecule has 0 aliphatic rings. The minimum atomic E-state index is -0.0798. The van der Waals surface area contributed by atoms with Crippen molar-refractivity contribution in [2.24, 2.45) is 0 Å². The van der Waals surface area contributed by atoms with E-state index in [0.29, 0.717) is 12.5 Å². The molecule has 0 amide bonds. The van der Waals surface area contributed by atoms with Crippen molar-refractivity contribution in [3.05, 3.63) is 48.4 Å². The van der Waals surface area contributed by atoms with Crippen LogP contribution in [0, 0.1) is 0 Å². The first-order chi connectivity index (χ1) is 9.35. The van der Waals surface area contributed by atoms with Crippen LogP contribution >= 0.6 is 0 Å². The predicted octanol–water partition coefficient (Wildman–Crippen LogP) is 1.82. The van der Waals surface area contributed by atoms with Gasteiger partial charge in [0.15, 0.2) is 0 Å². The number of rotatable bonds is 6. The highest BCUT2D eigenvalue weighted by Gasteiger charge is 2.17. The molecule has 100 valence electrons. The van der Waals surface area contributed by atoms with Crippen molar-refractivity contribution in [3.63, 3.8) is 0 Å². The van der Waals surface area contributed by atoms with Crippen molar-refractivity contribution in [2.75, 3.05) is 20.8 Å². The highest BCUT2D eigenvalue weighted by molar-refractivity contribution is 5.23. The van der Waals surface area contributed by atoms with Gasteiger partial charge < -0.3 is 14.8 Å². The van der Waals surface area contributed by atoms with Gasteiger partial charge >= 0.3 is 0 Å². The molecule has 0 fully saturated rings. The van der Waals surface area contributed by atoms with E-state index in [4.69, 9.17) is 9.47 Å². The molecule has 19 heavy (non-hydrogen) atoms. The summed E-state index contributed by atoms with van der Waals surface area (Å²) >= 11 is 0. The second-order valence-corrected chi connectivity index (χ2v) is 3.92. The molecule has 1 unspecified atom stereocenters. The van der Waals surface area contributed by atoms with Crippen LogP contribution in [0.25, 0.3) is 0 Å². The Balaban J connectivity index is 2.08. The number of ether oxygens (including phenoxy) is 2. The summed E-state index contributed by atoms with van der Waals surface area (Å²) in [7, 11) is 3.44. The van der Waals surface area contributed by atoms with E-state index < -0.39 is 0 Å². The zero-order valence-corrected chi connectivity index (χ0v) is 11.0. The summed E-state index contributed by atoms with van der Waals surface area (Å²) in [5.41, 5.74) is 0.739. The molecule has 1 atom stereocenters. The van der Waals surface area contributed by atoms with E-state index in [1.54, 1.807) is 19.5 Å². The van der Waals surface area contributed by atoms with Gasteiger partial charge in [-0.2, -0.15) is 0 Å². The maximum atomic E-state index is 5.73. The number of aromatic nitrogens is 2. The molecule has 5 nitrogen and oxygen atoms in total. The summed E-state index contributed by atoms with van der Waals surface area (Å²) in [6.07, 6.45) is 3.25. The van der Waals surface area contributed by atoms with E-state index in [-0.39, 0.29) is 6.04 Å². The van der Waals surface area contributed by atoms with E-state index in [0.717, 1.165) is 11.4 Å². The SMILES string of the molecule is CNC(COc1ccccc1)c1nccnc1OC. The third-order valence-electron chi connectivity index (χ3n) is 2.72. The molecule has 0 spiro atoms. The van der Waals surface area contributed by atoms with Gasteiger partial charge in [0, 0.05) is 12.4 Å². The minimum Gasteiger partial charge on any atom is -0.492 e. The van der Waals surface area contributed by atoms with Gasteiger partial charge in [-0.05, 0) is 19.2 Å². The predicted molar refractivity (Wildman–Crippen MR) is 72.3 cm³/mol. The highest BCUT2D eigenvalue weighted by Crippen LogP contribution is 2.20. The molecular formula is C14H17N3O2. The van der Waals surface area contributed by atoms with Crippen molar-refractivity contribution in [1.82, 2.24) is 15.3 Å². The quantitative estimate of drug-likeness (QED) is 0.857. The molecule has 1 aromatic heterocycles. The molecule has 1 N–H and O–H groups in total. The van der Waals surface area contributed by atoms with E-state index in [2.05, 4.69) is 15.3 Å². The molecular weight excluding hydrogens is 242 g/mol. The third-order valence-corrected chi connectivity index (χ3v) is 2.72. The van der Waals surface area contributed by atoms with Crippen LogP contribution in [-0.4, -0.2) is 30.7 Å². The first-order valence-electron chi connectivity index (χ1n) is 6.05. The Kier molecular flexibility index (Phi) is 4.69. The Hall–Kier alpha value is -2.14. The minimum absolute atomic E-state index is 0.0798. The largest absolute Gasteiger partial charge is 0.492 e. The van der Waals surface area contributed by atoms with Gasteiger partial charge in [0.25, 0.3) is 0 Å². The maximum Gasteiger partial charge on any atom is 0.237 e. The molecule has 0 bridgehead atoms. The molecule has 2 aromatic rings. The van der Waals surface area contributed by atoms with Crippen LogP contribution < -0.4 is 14.8 Å². The lowest BCUT2D eigenvalue weighted by molar-refractivity contribution is 0.264. The smallest absolute Gasteiger partial charge is 0.237 e. The third kappa shape index (κ3) is 3.42. The number of para-hydroxylation sites is 1. The summed E-state index contributed by atoms with van der Waals surface area (Å²) in [5.74, 6) is 1.34. The summed E-state index contributed by atoms with van der Waals surface area (Å²) in [4.78, 5) is 8.44.